The highest BCUT2D eigenvalue weighted by Crippen LogP contribution is 2.17. The quantitative estimate of drug-likeness (QED) is 0.564. The monoisotopic (exact) mass is 428 g/mol. The summed E-state index contributed by atoms with van der Waals surface area (Å²) in [4.78, 5) is 36.4. The third kappa shape index (κ3) is 7.65. The minimum atomic E-state index is -0.714. The molecule has 2 rings (SSSR count). The highest BCUT2D eigenvalue weighted by molar-refractivity contribution is 5.97. The number of amides is 2. The number of methoxy groups -OCH3 is 2. The van der Waals surface area contributed by atoms with E-state index < -0.39 is 17.9 Å². The predicted molar refractivity (Wildman–Crippen MR) is 116 cm³/mol. The van der Waals surface area contributed by atoms with Gasteiger partial charge in [0.05, 0.1) is 14.2 Å². The zero-order valence-corrected chi connectivity index (χ0v) is 18.1. The second kappa shape index (κ2) is 11.6. The van der Waals surface area contributed by atoms with Gasteiger partial charge >= 0.3 is 5.97 Å². The lowest BCUT2D eigenvalue weighted by Crippen LogP contribution is -2.42. The second-order valence-corrected chi connectivity index (χ2v) is 7.27. The van der Waals surface area contributed by atoms with Gasteiger partial charge in [-0.05, 0) is 48.7 Å². The number of hydrogen-bond donors (Lipinski definition) is 2. The number of carbonyl (C=O) groups is 3. The van der Waals surface area contributed by atoms with Crippen LogP contribution in [0.25, 0.3) is 0 Å². The van der Waals surface area contributed by atoms with Gasteiger partial charge in [0, 0.05) is 17.3 Å². The first-order valence-corrected chi connectivity index (χ1v) is 9.87. The Morgan fingerprint density at radius 3 is 2.29 bits per heavy atom. The highest BCUT2D eigenvalue weighted by Gasteiger charge is 2.23. The molecule has 0 fully saturated rings. The van der Waals surface area contributed by atoms with E-state index in [0.29, 0.717) is 29.2 Å². The van der Waals surface area contributed by atoms with Gasteiger partial charge in [-0.15, -0.1) is 0 Å². The first-order valence-electron chi connectivity index (χ1n) is 9.87. The molecule has 2 aromatic rings. The van der Waals surface area contributed by atoms with Gasteiger partial charge in [-0.3, -0.25) is 9.59 Å². The summed E-state index contributed by atoms with van der Waals surface area (Å²) in [5.74, 6) is 0.0786. The molecule has 0 aliphatic heterocycles. The minimum absolute atomic E-state index is 0.193. The Morgan fingerprint density at radius 1 is 0.968 bits per heavy atom. The normalized spacial score (nSPS) is 11.4. The van der Waals surface area contributed by atoms with Gasteiger partial charge < -0.3 is 24.8 Å². The summed E-state index contributed by atoms with van der Waals surface area (Å²) in [5.41, 5.74) is 0.965. The van der Waals surface area contributed by atoms with E-state index >= 15 is 0 Å². The molecule has 0 saturated heterocycles. The highest BCUT2D eigenvalue weighted by atomic mass is 16.5. The molecular formula is C23H28N2O6. The number of rotatable bonds is 10. The maximum atomic E-state index is 12.5. The summed E-state index contributed by atoms with van der Waals surface area (Å²) >= 11 is 0. The molecule has 0 spiro atoms. The summed E-state index contributed by atoms with van der Waals surface area (Å²) < 4.78 is 15.3. The molecule has 2 aromatic carbocycles. The van der Waals surface area contributed by atoms with Crippen LogP contribution in [0.3, 0.4) is 0 Å². The molecule has 8 nitrogen and oxygen atoms in total. The molecule has 0 saturated carbocycles. The van der Waals surface area contributed by atoms with E-state index in [0.717, 1.165) is 0 Å². The van der Waals surface area contributed by atoms with Crippen LogP contribution in [0.4, 0.5) is 5.69 Å². The average molecular weight is 428 g/mol. The lowest BCUT2D eigenvalue weighted by Gasteiger charge is -2.18. The summed E-state index contributed by atoms with van der Waals surface area (Å²) in [6.07, 6.45) is 0.474. The Hall–Kier alpha value is -3.55. The predicted octanol–water partition coefficient (Wildman–Crippen LogP) is 3.03. The SMILES string of the molecule is COC(=O)C(CC(C)C)NC(=O)c1ccc(OCC(=O)Nc2cccc(OC)c2)cc1. The maximum absolute atomic E-state index is 12.5. The van der Waals surface area contributed by atoms with E-state index in [9.17, 15) is 14.4 Å². The van der Waals surface area contributed by atoms with E-state index in [1.165, 1.54) is 7.11 Å². The van der Waals surface area contributed by atoms with Crippen LogP contribution in [0.2, 0.25) is 0 Å². The van der Waals surface area contributed by atoms with E-state index in [1.807, 2.05) is 13.8 Å². The van der Waals surface area contributed by atoms with Crippen molar-refractivity contribution in [2.24, 2.45) is 5.92 Å². The van der Waals surface area contributed by atoms with Gasteiger partial charge in [-0.2, -0.15) is 0 Å². The zero-order chi connectivity index (χ0) is 22.8. The zero-order valence-electron chi connectivity index (χ0n) is 18.1. The number of carbonyl (C=O) groups excluding carboxylic acids is 3. The van der Waals surface area contributed by atoms with E-state index in [2.05, 4.69) is 10.6 Å². The van der Waals surface area contributed by atoms with E-state index in [1.54, 1.807) is 55.6 Å². The van der Waals surface area contributed by atoms with Crippen LogP contribution in [-0.4, -0.2) is 44.7 Å². The number of benzene rings is 2. The van der Waals surface area contributed by atoms with Gasteiger partial charge in [0.25, 0.3) is 11.8 Å². The van der Waals surface area contributed by atoms with Crippen molar-refractivity contribution in [3.63, 3.8) is 0 Å². The van der Waals surface area contributed by atoms with Crippen molar-refractivity contribution in [1.82, 2.24) is 5.32 Å². The van der Waals surface area contributed by atoms with Gasteiger partial charge in [0.2, 0.25) is 0 Å². The van der Waals surface area contributed by atoms with Crippen LogP contribution < -0.4 is 20.1 Å². The molecule has 166 valence electrons. The molecule has 1 atom stereocenters. The van der Waals surface area contributed by atoms with E-state index in [-0.39, 0.29) is 18.4 Å². The average Bonchev–Trinajstić information content (AvgIpc) is 2.76. The summed E-state index contributed by atoms with van der Waals surface area (Å²) in [6, 6.07) is 12.6. The first-order chi connectivity index (χ1) is 14.8. The maximum Gasteiger partial charge on any atom is 0.328 e. The van der Waals surface area contributed by atoms with Gasteiger partial charge in [-0.25, -0.2) is 4.79 Å². The fraction of sp³-hybridized carbons (Fsp3) is 0.348. The molecular weight excluding hydrogens is 400 g/mol. The number of hydrogen-bond acceptors (Lipinski definition) is 6. The van der Waals surface area contributed by atoms with Crippen LogP contribution in [0, 0.1) is 5.92 Å². The molecule has 2 N–H and O–H groups in total. The smallest absolute Gasteiger partial charge is 0.328 e. The van der Waals surface area contributed by atoms with Crippen LogP contribution in [0.1, 0.15) is 30.6 Å². The molecule has 0 heterocycles. The van der Waals surface area contributed by atoms with Crippen molar-refractivity contribution in [1.29, 1.82) is 0 Å². The fourth-order valence-corrected chi connectivity index (χ4v) is 2.82. The Balaban J connectivity index is 1.89. The number of ether oxygens (including phenoxy) is 3. The van der Waals surface area contributed by atoms with Crippen molar-refractivity contribution in [3.05, 3.63) is 54.1 Å². The second-order valence-electron chi connectivity index (χ2n) is 7.27. The standard InChI is InChI=1S/C23H28N2O6/c1-15(2)12-20(23(28)30-4)25-22(27)16-8-10-18(11-9-16)31-14-21(26)24-17-6-5-7-19(13-17)29-3/h5-11,13,15,20H,12,14H2,1-4H3,(H,24,26)(H,25,27). The molecule has 1 unspecified atom stereocenters. The van der Waals surface area contributed by atoms with Crippen molar-refractivity contribution < 1.29 is 28.6 Å². The molecule has 0 bridgehead atoms. The van der Waals surface area contributed by atoms with Crippen molar-refractivity contribution in [2.45, 2.75) is 26.3 Å². The molecule has 0 aliphatic rings. The van der Waals surface area contributed by atoms with Gasteiger partial charge in [0.1, 0.15) is 17.5 Å². The Labute approximate surface area is 181 Å². The van der Waals surface area contributed by atoms with E-state index in [4.69, 9.17) is 14.2 Å². The molecule has 0 aliphatic carbocycles. The Bertz CT molecular complexity index is 895. The summed E-state index contributed by atoms with van der Waals surface area (Å²) in [5, 5.41) is 5.41. The van der Waals surface area contributed by atoms with Gasteiger partial charge in [-0.1, -0.05) is 19.9 Å². The van der Waals surface area contributed by atoms with Crippen LogP contribution in [-0.2, 0) is 14.3 Å². The number of nitrogens with one attached hydrogen (secondary N) is 2. The number of anilines is 1. The molecule has 0 radical (unpaired) electrons. The summed E-state index contributed by atoms with van der Waals surface area (Å²) in [6.45, 7) is 3.72. The number of esters is 1. The van der Waals surface area contributed by atoms with Crippen LogP contribution in [0.5, 0.6) is 11.5 Å². The fourth-order valence-electron chi connectivity index (χ4n) is 2.82. The molecule has 31 heavy (non-hydrogen) atoms. The molecule has 0 aromatic heterocycles. The lowest BCUT2D eigenvalue weighted by atomic mass is 10.0. The van der Waals surface area contributed by atoms with Crippen LogP contribution >= 0.6 is 0 Å². The third-order valence-corrected chi connectivity index (χ3v) is 4.34. The minimum Gasteiger partial charge on any atom is -0.497 e. The van der Waals surface area contributed by atoms with Crippen molar-refractivity contribution in [2.75, 3.05) is 26.1 Å². The molecule has 2 amide bonds. The van der Waals surface area contributed by atoms with Gasteiger partial charge in [0.15, 0.2) is 6.61 Å². The lowest BCUT2D eigenvalue weighted by molar-refractivity contribution is -0.143. The molecule has 8 heteroatoms. The Kier molecular flexibility index (Phi) is 8.87. The van der Waals surface area contributed by atoms with Crippen molar-refractivity contribution >= 4 is 23.5 Å². The summed E-state index contributed by atoms with van der Waals surface area (Å²) in [7, 11) is 2.84. The van der Waals surface area contributed by atoms with Crippen LogP contribution in [0.15, 0.2) is 48.5 Å². The third-order valence-electron chi connectivity index (χ3n) is 4.34. The Morgan fingerprint density at radius 2 is 1.68 bits per heavy atom. The first kappa shape index (κ1) is 23.7. The van der Waals surface area contributed by atoms with Crippen molar-refractivity contribution in [3.8, 4) is 11.5 Å². The topological polar surface area (TPSA) is 103 Å². The largest absolute Gasteiger partial charge is 0.497 e.